The van der Waals surface area contributed by atoms with Crippen molar-refractivity contribution in [2.75, 3.05) is 0 Å². The van der Waals surface area contributed by atoms with E-state index in [-0.39, 0.29) is 17.1 Å². The fraction of sp³-hybridized carbons (Fsp3) is 0.700. The van der Waals surface area contributed by atoms with E-state index in [4.69, 9.17) is 0 Å². The summed E-state index contributed by atoms with van der Waals surface area (Å²) in [5, 5.41) is -0.342. The van der Waals surface area contributed by atoms with E-state index in [1.54, 1.807) is 13.0 Å². The number of nitrogens with one attached hydrogen (secondary N) is 1. The van der Waals surface area contributed by atoms with Gasteiger partial charge in [0, 0.05) is 0 Å². The zero-order valence-electron chi connectivity index (χ0n) is 8.69. The summed E-state index contributed by atoms with van der Waals surface area (Å²) in [4.78, 5) is 11.7. The van der Waals surface area contributed by atoms with Crippen molar-refractivity contribution in [3.05, 3.63) is 12.7 Å². The minimum atomic E-state index is -3.39. The number of hydrogen-bond acceptors (Lipinski definition) is 3. The summed E-state index contributed by atoms with van der Waals surface area (Å²) in [5.41, 5.74) is -0.552. The first-order chi connectivity index (χ1) is 6.90. The Hall–Kier alpha value is -0.840. The summed E-state index contributed by atoms with van der Waals surface area (Å²) in [6.45, 7) is 5.39. The van der Waals surface area contributed by atoms with E-state index < -0.39 is 15.4 Å². The summed E-state index contributed by atoms with van der Waals surface area (Å²) >= 11 is 0. The molecule has 2 aliphatic rings. The number of hydrogen-bond donors (Lipinski definition) is 1. The van der Waals surface area contributed by atoms with Crippen molar-refractivity contribution < 1.29 is 13.2 Å². The lowest BCUT2D eigenvalue weighted by molar-refractivity contribution is -0.124. The number of sulfonamides is 1. The van der Waals surface area contributed by atoms with Crippen molar-refractivity contribution in [3.63, 3.8) is 0 Å². The topological polar surface area (TPSA) is 63.2 Å². The lowest BCUT2D eigenvalue weighted by Gasteiger charge is -2.10. The molecule has 84 valence electrons. The minimum Gasteiger partial charge on any atom is -0.273 e. The average Bonchev–Trinajstić information content (AvgIpc) is 2.97. The number of allylic oxidation sites excluding steroid dienone is 1. The molecule has 15 heavy (non-hydrogen) atoms. The van der Waals surface area contributed by atoms with E-state index in [1.807, 2.05) is 0 Å². The molecule has 0 heterocycles. The molecule has 0 aromatic heterocycles. The molecule has 0 saturated heterocycles. The maximum atomic E-state index is 11.7. The van der Waals surface area contributed by atoms with Gasteiger partial charge in [-0.15, -0.1) is 6.58 Å². The molecule has 0 aromatic rings. The molecule has 0 unspecified atom stereocenters. The van der Waals surface area contributed by atoms with Gasteiger partial charge >= 0.3 is 0 Å². The van der Waals surface area contributed by atoms with Crippen LogP contribution in [0.3, 0.4) is 0 Å². The predicted molar refractivity (Wildman–Crippen MR) is 56.5 cm³/mol. The highest BCUT2D eigenvalue weighted by molar-refractivity contribution is 7.90. The van der Waals surface area contributed by atoms with Crippen LogP contribution in [0.1, 0.15) is 26.2 Å². The van der Waals surface area contributed by atoms with Gasteiger partial charge in [0.1, 0.15) is 0 Å². The van der Waals surface area contributed by atoms with Gasteiger partial charge in [-0.25, -0.2) is 8.42 Å². The summed E-state index contributed by atoms with van der Waals surface area (Å²) in [6.07, 6.45) is 3.75. The van der Waals surface area contributed by atoms with E-state index in [0.29, 0.717) is 19.3 Å². The van der Waals surface area contributed by atoms with Gasteiger partial charge in [-0.3, -0.25) is 9.52 Å². The Kier molecular flexibility index (Phi) is 2.19. The van der Waals surface area contributed by atoms with Gasteiger partial charge in [0.15, 0.2) is 0 Å². The van der Waals surface area contributed by atoms with E-state index in [1.165, 1.54) is 0 Å². The molecule has 0 bridgehead atoms. The number of carbonyl (C=O) groups is 1. The van der Waals surface area contributed by atoms with Crippen LogP contribution in [0.4, 0.5) is 0 Å². The van der Waals surface area contributed by atoms with Gasteiger partial charge in [-0.2, -0.15) is 0 Å². The third-order valence-electron chi connectivity index (χ3n) is 3.30. The van der Waals surface area contributed by atoms with Crippen LogP contribution in [-0.2, 0) is 14.8 Å². The van der Waals surface area contributed by atoms with Crippen molar-refractivity contribution in [2.45, 2.75) is 31.4 Å². The molecular formula is C10H15NO3S. The van der Waals surface area contributed by atoms with E-state index >= 15 is 0 Å². The van der Waals surface area contributed by atoms with Gasteiger partial charge in [0.2, 0.25) is 15.9 Å². The number of carbonyl (C=O) groups excluding carboxylic acids is 1. The summed E-state index contributed by atoms with van der Waals surface area (Å²) in [7, 11) is -3.39. The van der Waals surface area contributed by atoms with Crippen molar-refractivity contribution in [1.29, 1.82) is 0 Å². The van der Waals surface area contributed by atoms with Gasteiger partial charge in [0.05, 0.1) is 10.7 Å². The van der Waals surface area contributed by atoms with Gasteiger partial charge in [-0.1, -0.05) is 13.0 Å². The number of amides is 1. The molecule has 2 saturated carbocycles. The molecule has 0 spiro atoms. The third kappa shape index (κ3) is 1.80. The molecule has 1 amide bonds. The fourth-order valence-corrected chi connectivity index (χ4v) is 3.12. The van der Waals surface area contributed by atoms with Crippen LogP contribution >= 0.6 is 0 Å². The van der Waals surface area contributed by atoms with Gasteiger partial charge in [-0.05, 0) is 25.2 Å². The maximum Gasteiger partial charge on any atom is 0.239 e. The molecule has 1 N–H and O–H groups in total. The summed E-state index contributed by atoms with van der Waals surface area (Å²) < 4.78 is 25.2. The molecule has 5 heteroatoms. The molecule has 0 radical (unpaired) electrons. The van der Waals surface area contributed by atoms with Crippen LogP contribution < -0.4 is 4.72 Å². The predicted octanol–water partition coefficient (Wildman–Crippen LogP) is 0.807. The quantitative estimate of drug-likeness (QED) is 0.725. The Morgan fingerprint density at radius 3 is 2.53 bits per heavy atom. The molecule has 0 aliphatic heterocycles. The Balaban J connectivity index is 2.02. The van der Waals surface area contributed by atoms with Gasteiger partial charge < -0.3 is 0 Å². The highest BCUT2D eigenvalue weighted by Crippen LogP contribution is 2.53. The molecule has 2 atom stereocenters. The monoisotopic (exact) mass is 229 g/mol. The summed E-state index contributed by atoms with van der Waals surface area (Å²) in [6, 6.07) is 0. The number of rotatable bonds is 4. The Labute approximate surface area is 89.8 Å². The van der Waals surface area contributed by atoms with E-state index in [2.05, 4.69) is 11.3 Å². The van der Waals surface area contributed by atoms with Crippen LogP contribution in [0, 0.1) is 11.3 Å². The molecule has 2 aliphatic carbocycles. The molecule has 2 rings (SSSR count). The zero-order chi connectivity index (χ0) is 11.3. The molecule has 0 aromatic carbocycles. The van der Waals surface area contributed by atoms with Crippen LogP contribution in [0.5, 0.6) is 0 Å². The lowest BCUT2D eigenvalue weighted by Crippen LogP contribution is -2.38. The third-order valence-corrected chi connectivity index (χ3v) is 5.12. The first-order valence-corrected chi connectivity index (χ1v) is 6.63. The first-order valence-electron chi connectivity index (χ1n) is 5.09. The average molecular weight is 229 g/mol. The second-order valence-electron chi connectivity index (χ2n) is 4.64. The minimum absolute atomic E-state index is 0.118. The highest BCUT2D eigenvalue weighted by atomic mass is 32.2. The van der Waals surface area contributed by atoms with Crippen LogP contribution in [0.25, 0.3) is 0 Å². The van der Waals surface area contributed by atoms with Gasteiger partial charge in [0.25, 0.3) is 0 Å². The first kappa shape index (κ1) is 10.7. The lowest BCUT2D eigenvalue weighted by atomic mass is 10.1. The van der Waals surface area contributed by atoms with Crippen LogP contribution in [0.2, 0.25) is 0 Å². The summed E-state index contributed by atoms with van der Waals surface area (Å²) in [5.74, 6) is -0.258. The Bertz CT molecular complexity index is 410. The normalized spacial score (nSPS) is 34.6. The van der Waals surface area contributed by atoms with Crippen LogP contribution in [-0.4, -0.2) is 19.6 Å². The van der Waals surface area contributed by atoms with Crippen molar-refractivity contribution in [3.8, 4) is 0 Å². The second-order valence-corrected chi connectivity index (χ2v) is 6.60. The second kappa shape index (κ2) is 3.07. The maximum absolute atomic E-state index is 11.7. The smallest absolute Gasteiger partial charge is 0.239 e. The molecule has 2 fully saturated rings. The fourth-order valence-electron chi connectivity index (χ4n) is 1.71. The molecule has 4 nitrogen and oxygen atoms in total. The van der Waals surface area contributed by atoms with Crippen molar-refractivity contribution >= 4 is 15.9 Å². The highest BCUT2D eigenvalue weighted by Gasteiger charge is 2.55. The molecular weight excluding hydrogens is 214 g/mol. The van der Waals surface area contributed by atoms with E-state index in [0.717, 1.165) is 0 Å². The Morgan fingerprint density at radius 1 is 1.53 bits per heavy atom. The van der Waals surface area contributed by atoms with E-state index in [9.17, 15) is 13.2 Å². The zero-order valence-corrected chi connectivity index (χ0v) is 9.51. The Morgan fingerprint density at radius 2 is 2.13 bits per heavy atom. The standard InChI is InChI=1S/C10H15NO3S/c1-3-7-6-10(7,2)9(12)11-15(13,14)8-4-5-8/h3,7-8H,1,4-6H2,2H3,(H,11,12)/t7-,10+/m1/s1. The SMILES string of the molecule is C=C[C@@H]1C[C@]1(C)C(=O)NS(=O)(=O)C1CC1. The largest absolute Gasteiger partial charge is 0.273 e. The van der Waals surface area contributed by atoms with Crippen molar-refractivity contribution in [2.24, 2.45) is 11.3 Å². The van der Waals surface area contributed by atoms with Crippen molar-refractivity contribution in [1.82, 2.24) is 4.72 Å². The van der Waals surface area contributed by atoms with Crippen LogP contribution in [0.15, 0.2) is 12.7 Å².